The van der Waals surface area contributed by atoms with Gasteiger partial charge in [0.15, 0.2) is 11.2 Å². The summed E-state index contributed by atoms with van der Waals surface area (Å²) in [6.07, 6.45) is 1.55. The molecule has 0 unspecified atom stereocenters. The van der Waals surface area contributed by atoms with Gasteiger partial charge in [0.1, 0.15) is 0 Å². The molecule has 3 aromatic rings. The Balaban J connectivity index is 2.34. The zero-order valence-electron chi connectivity index (χ0n) is 10.1. The molecule has 94 valence electrons. The average Bonchev–Trinajstić information content (AvgIpc) is 2.45. The van der Waals surface area contributed by atoms with Crippen LogP contribution in [0.25, 0.3) is 22.4 Å². The summed E-state index contributed by atoms with van der Waals surface area (Å²) in [4.78, 5) is 33.9. The van der Waals surface area contributed by atoms with Crippen molar-refractivity contribution in [3.8, 4) is 11.3 Å². The van der Waals surface area contributed by atoms with Gasteiger partial charge in [0, 0.05) is 12.6 Å². The Morgan fingerprint density at radius 1 is 1.16 bits per heavy atom. The summed E-state index contributed by atoms with van der Waals surface area (Å²) >= 11 is 0. The van der Waals surface area contributed by atoms with Crippen LogP contribution in [0.15, 0.2) is 46.1 Å². The lowest BCUT2D eigenvalue weighted by atomic mass is 10.2. The van der Waals surface area contributed by atoms with E-state index in [1.807, 2.05) is 30.3 Å². The highest BCUT2D eigenvalue weighted by molar-refractivity contribution is 5.72. The van der Waals surface area contributed by atoms with E-state index in [0.717, 1.165) is 5.56 Å². The molecule has 0 aliphatic heterocycles. The van der Waals surface area contributed by atoms with Gasteiger partial charge in [-0.15, -0.1) is 0 Å². The summed E-state index contributed by atoms with van der Waals surface area (Å²) in [7, 11) is 1.54. The van der Waals surface area contributed by atoms with Crippen LogP contribution in [0, 0.1) is 0 Å². The molecule has 0 saturated carbocycles. The minimum Gasteiger partial charge on any atom is -0.279 e. The third kappa shape index (κ3) is 1.83. The normalized spacial score (nSPS) is 10.8. The second kappa shape index (κ2) is 4.16. The SMILES string of the molecule is Cn1c(=O)[nH]c(=O)c2nc(-c3ccccc3)cnc21. The van der Waals surface area contributed by atoms with Crippen LogP contribution in [0.1, 0.15) is 0 Å². The number of nitrogens with one attached hydrogen (secondary N) is 1. The fraction of sp³-hybridized carbons (Fsp3) is 0.0769. The number of fused-ring (bicyclic) bond motifs is 1. The van der Waals surface area contributed by atoms with E-state index in [-0.39, 0.29) is 11.2 Å². The summed E-state index contributed by atoms with van der Waals surface area (Å²) in [5.41, 5.74) is 0.863. The summed E-state index contributed by atoms with van der Waals surface area (Å²) in [6, 6.07) is 9.42. The maximum Gasteiger partial charge on any atom is 0.329 e. The van der Waals surface area contributed by atoms with Gasteiger partial charge in [-0.1, -0.05) is 30.3 Å². The quantitative estimate of drug-likeness (QED) is 0.692. The zero-order valence-corrected chi connectivity index (χ0v) is 10.1. The maximum atomic E-state index is 11.8. The molecule has 0 saturated heterocycles. The van der Waals surface area contributed by atoms with Crippen LogP contribution in [0.2, 0.25) is 0 Å². The summed E-state index contributed by atoms with van der Waals surface area (Å²) < 4.78 is 1.26. The van der Waals surface area contributed by atoms with Crippen molar-refractivity contribution in [3.63, 3.8) is 0 Å². The summed E-state index contributed by atoms with van der Waals surface area (Å²) in [5.74, 6) is 0. The predicted molar refractivity (Wildman–Crippen MR) is 70.8 cm³/mol. The van der Waals surface area contributed by atoms with Gasteiger partial charge in [0.05, 0.1) is 11.9 Å². The molecule has 0 aliphatic carbocycles. The number of rotatable bonds is 1. The maximum absolute atomic E-state index is 11.8. The van der Waals surface area contributed by atoms with Crippen molar-refractivity contribution < 1.29 is 0 Å². The molecule has 2 heterocycles. The van der Waals surface area contributed by atoms with E-state index >= 15 is 0 Å². The standard InChI is InChI=1S/C13H10N4O2/c1-17-11-10(12(18)16-13(17)19)15-9(7-14-11)8-5-3-2-4-6-8/h2-7H,1H3,(H,16,18,19). The van der Waals surface area contributed by atoms with Gasteiger partial charge in [-0.25, -0.2) is 14.8 Å². The van der Waals surface area contributed by atoms with Crippen LogP contribution in [0.4, 0.5) is 0 Å². The third-order valence-electron chi connectivity index (χ3n) is 2.88. The molecule has 6 heteroatoms. The Hall–Kier alpha value is -2.76. The van der Waals surface area contributed by atoms with Gasteiger partial charge < -0.3 is 0 Å². The molecule has 0 atom stereocenters. The molecule has 3 rings (SSSR count). The molecule has 0 bridgehead atoms. The topological polar surface area (TPSA) is 80.6 Å². The number of aromatic amines is 1. The van der Waals surface area contributed by atoms with Crippen LogP contribution in [0.3, 0.4) is 0 Å². The van der Waals surface area contributed by atoms with Gasteiger partial charge in [-0.05, 0) is 0 Å². The summed E-state index contributed by atoms with van der Waals surface area (Å²) in [5, 5.41) is 0. The molecule has 1 aromatic carbocycles. The number of nitrogens with zero attached hydrogens (tertiary/aromatic N) is 3. The van der Waals surface area contributed by atoms with Gasteiger partial charge >= 0.3 is 5.69 Å². The fourth-order valence-corrected chi connectivity index (χ4v) is 1.86. The predicted octanol–water partition coefficient (Wildman–Crippen LogP) is 0.684. The average molecular weight is 254 g/mol. The Morgan fingerprint density at radius 2 is 1.89 bits per heavy atom. The fourth-order valence-electron chi connectivity index (χ4n) is 1.86. The molecule has 0 spiro atoms. The Bertz CT molecular complexity index is 865. The molecule has 0 aliphatic rings. The van der Waals surface area contributed by atoms with E-state index in [1.54, 1.807) is 6.20 Å². The minimum absolute atomic E-state index is 0.156. The largest absolute Gasteiger partial charge is 0.329 e. The molecule has 2 aromatic heterocycles. The Kier molecular flexibility index (Phi) is 2.49. The first-order chi connectivity index (χ1) is 9.16. The van der Waals surface area contributed by atoms with Crippen LogP contribution in [-0.4, -0.2) is 19.5 Å². The molecular formula is C13H10N4O2. The highest BCUT2D eigenvalue weighted by Crippen LogP contribution is 2.16. The van der Waals surface area contributed by atoms with E-state index < -0.39 is 11.2 Å². The number of H-pyrrole nitrogens is 1. The van der Waals surface area contributed by atoms with E-state index in [2.05, 4.69) is 15.0 Å². The molecule has 6 nitrogen and oxygen atoms in total. The van der Waals surface area contributed by atoms with E-state index in [9.17, 15) is 9.59 Å². The van der Waals surface area contributed by atoms with Crippen molar-refractivity contribution in [2.24, 2.45) is 7.05 Å². The van der Waals surface area contributed by atoms with Crippen molar-refractivity contribution >= 4 is 11.2 Å². The van der Waals surface area contributed by atoms with Gasteiger partial charge in [0.2, 0.25) is 0 Å². The van der Waals surface area contributed by atoms with Crippen LogP contribution >= 0.6 is 0 Å². The first-order valence-electron chi connectivity index (χ1n) is 5.68. The third-order valence-corrected chi connectivity index (χ3v) is 2.88. The van der Waals surface area contributed by atoms with Crippen LogP contribution < -0.4 is 11.2 Å². The Labute approximate surface area is 107 Å². The first-order valence-corrected chi connectivity index (χ1v) is 5.68. The van der Waals surface area contributed by atoms with Gasteiger partial charge in [-0.3, -0.25) is 14.3 Å². The number of hydrogen-bond donors (Lipinski definition) is 1. The highest BCUT2D eigenvalue weighted by atomic mass is 16.2. The lowest BCUT2D eigenvalue weighted by molar-refractivity contribution is 0.824. The second-order valence-electron chi connectivity index (χ2n) is 4.11. The Morgan fingerprint density at radius 3 is 2.63 bits per heavy atom. The molecular weight excluding hydrogens is 244 g/mol. The van der Waals surface area contributed by atoms with Crippen LogP contribution in [-0.2, 0) is 7.05 Å². The number of aryl methyl sites for hydroxylation is 1. The molecule has 1 N–H and O–H groups in total. The van der Waals surface area contributed by atoms with Crippen molar-refractivity contribution in [3.05, 3.63) is 57.4 Å². The van der Waals surface area contributed by atoms with Crippen molar-refractivity contribution in [2.75, 3.05) is 0 Å². The first kappa shape index (κ1) is 11.3. The van der Waals surface area contributed by atoms with Crippen molar-refractivity contribution in [2.45, 2.75) is 0 Å². The highest BCUT2D eigenvalue weighted by Gasteiger charge is 2.09. The van der Waals surface area contributed by atoms with Gasteiger partial charge in [0.25, 0.3) is 5.56 Å². The molecule has 0 fully saturated rings. The van der Waals surface area contributed by atoms with Gasteiger partial charge in [-0.2, -0.15) is 0 Å². The minimum atomic E-state index is -0.525. The lowest BCUT2D eigenvalue weighted by Crippen LogP contribution is -2.29. The van der Waals surface area contributed by atoms with E-state index in [4.69, 9.17) is 0 Å². The van der Waals surface area contributed by atoms with E-state index in [0.29, 0.717) is 5.69 Å². The second-order valence-corrected chi connectivity index (χ2v) is 4.11. The number of benzene rings is 1. The molecule has 0 radical (unpaired) electrons. The summed E-state index contributed by atoms with van der Waals surface area (Å²) in [6.45, 7) is 0. The lowest BCUT2D eigenvalue weighted by Gasteiger charge is -2.04. The van der Waals surface area contributed by atoms with E-state index in [1.165, 1.54) is 11.6 Å². The smallest absolute Gasteiger partial charge is 0.279 e. The number of aromatic nitrogens is 4. The monoisotopic (exact) mass is 254 g/mol. The number of hydrogen-bond acceptors (Lipinski definition) is 4. The van der Waals surface area contributed by atoms with Crippen LogP contribution in [0.5, 0.6) is 0 Å². The van der Waals surface area contributed by atoms with Crippen molar-refractivity contribution in [1.82, 2.24) is 19.5 Å². The van der Waals surface area contributed by atoms with Crippen molar-refractivity contribution in [1.29, 1.82) is 0 Å². The molecule has 0 amide bonds. The zero-order chi connectivity index (χ0) is 13.4. The molecule has 19 heavy (non-hydrogen) atoms.